The quantitative estimate of drug-likeness (QED) is 0.0588. The van der Waals surface area contributed by atoms with E-state index < -0.39 is 5.97 Å². The van der Waals surface area contributed by atoms with Crippen LogP contribution in [0, 0.1) is 0 Å². The van der Waals surface area contributed by atoms with Crippen molar-refractivity contribution >= 4 is 5.97 Å². The molecule has 0 saturated carbocycles. The number of carboxylic acids is 1. The summed E-state index contributed by atoms with van der Waals surface area (Å²) >= 11 is 0. The monoisotopic (exact) mass is 641 g/mol. The second kappa shape index (κ2) is 43.4. The molecule has 0 aliphatic carbocycles. The van der Waals surface area contributed by atoms with Crippen molar-refractivity contribution < 1.29 is 15.0 Å². The number of carbonyl (C=O) groups is 1. The second-order valence-electron chi connectivity index (χ2n) is 13.8. The average Bonchev–Trinajstić information content (AvgIpc) is 3.04. The third-order valence-electron chi connectivity index (χ3n) is 9.25. The molecule has 0 aromatic heterocycles. The summed E-state index contributed by atoms with van der Waals surface area (Å²) in [6.07, 6.45) is 45.8. The Balaban J connectivity index is 0. The summed E-state index contributed by atoms with van der Waals surface area (Å²) in [5.74, 6) is -0.968. The molecule has 0 saturated heterocycles. The van der Waals surface area contributed by atoms with Crippen LogP contribution >= 0.6 is 0 Å². The SMILES string of the molecule is CCCCCCCCCCCCCCCCCCN(CCO)CCCCCCCCCCCCCCCCCC.NCC(=O)O. The normalized spacial score (nSPS) is 11.2. The molecular weight excluding hydrogens is 556 g/mol. The Morgan fingerprint density at radius 1 is 0.422 bits per heavy atom. The number of carboxylic acid groups (broad SMARTS) is 1. The van der Waals surface area contributed by atoms with Crippen molar-refractivity contribution in [1.82, 2.24) is 4.90 Å². The number of aliphatic carboxylic acids is 1. The molecule has 272 valence electrons. The van der Waals surface area contributed by atoms with Gasteiger partial charge in [0, 0.05) is 6.54 Å². The van der Waals surface area contributed by atoms with Gasteiger partial charge in [0.2, 0.25) is 0 Å². The lowest BCUT2D eigenvalue weighted by atomic mass is 10.0. The molecule has 0 aliphatic rings. The van der Waals surface area contributed by atoms with Crippen LogP contribution in [0.2, 0.25) is 0 Å². The van der Waals surface area contributed by atoms with Gasteiger partial charge in [-0.05, 0) is 25.9 Å². The summed E-state index contributed by atoms with van der Waals surface area (Å²) in [7, 11) is 0. The van der Waals surface area contributed by atoms with Gasteiger partial charge in [-0.2, -0.15) is 0 Å². The lowest BCUT2D eigenvalue weighted by Gasteiger charge is -2.21. The first kappa shape index (κ1) is 46.5. The van der Waals surface area contributed by atoms with Gasteiger partial charge in [0.1, 0.15) is 0 Å². The van der Waals surface area contributed by atoms with Crippen LogP contribution in [-0.2, 0) is 4.79 Å². The van der Waals surface area contributed by atoms with Gasteiger partial charge in [0.05, 0.1) is 13.2 Å². The Morgan fingerprint density at radius 3 is 0.800 bits per heavy atom. The first-order chi connectivity index (χ1) is 22.1. The van der Waals surface area contributed by atoms with E-state index in [4.69, 9.17) is 5.11 Å². The van der Waals surface area contributed by atoms with Crippen molar-refractivity contribution in [2.45, 2.75) is 219 Å². The summed E-state index contributed by atoms with van der Waals surface area (Å²) < 4.78 is 0. The fraction of sp³-hybridized carbons (Fsp3) is 0.975. The maximum atomic E-state index is 9.46. The van der Waals surface area contributed by atoms with Gasteiger partial charge in [0.15, 0.2) is 0 Å². The molecule has 5 nitrogen and oxygen atoms in total. The van der Waals surface area contributed by atoms with Gasteiger partial charge in [0.25, 0.3) is 0 Å². The third kappa shape index (κ3) is 45.5. The number of rotatable bonds is 37. The zero-order chi connectivity index (χ0) is 33.3. The molecule has 0 amide bonds. The van der Waals surface area contributed by atoms with E-state index in [0.717, 1.165) is 6.54 Å². The molecule has 0 aromatic rings. The minimum atomic E-state index is -0.968. The van der Waals surface area contributed by atoms with Gasteiger partial charge in [-0.3, -0.25) is 4.79 Å². The maximum absolute atomic E-state index is 9.46. The Labute approximate surface area is 283 Å². The number of nitrogens with two attached hydrogens (primary N) is 1. The Hall–Kier alpha value is -0.650. The number of hydrogen-bond acceptors (Lipinski definition) is 4. The number of aliphatic hydroxyl groups is 1. The number of aliphatic hydroxyl groups excluding tert-OH is 1. The molecule has 4 N–H and O–H groups in total. The molecule has 0 heterocycles. The van der Waals surface area contributed by atoms with E-state index in [1.165, 1.54) is 219 Å². The number of hydrogen-bond donors (Lipinski definition) is 3. The highest BCUT2D eigenvalue weighted by Gasteiger charge is 2.04. The highest BCUT2D eigenvalue weighted by molar-refractivity contribution is 5.68. The van der Waals surface area contributed by atoms with Crippen LogP contribution in [0.4, 0.5) is 0 Å². The summed E-state index contributed by atoms with van der Waals surface area (Å²) in [4.78, 5) is 11.8. The van der Waals surface area contributed by atoms with Crippen molar-refractivity contribution in [3.63, 3.8) is 0 Å². The first-order valence-electron chi connectivity index (χ1n) is 20.4. The Kier molecular flexibility index (Phi) is 44.8. The molecule has 0 aromatic carbocycles. The molecule has 0 fully saturated rings. The van der Waals surface area contributed by atoms with E-state index in [9.17, 15) is 9.90 Å². The Bertz CT molecular complexity index is 496. The summed E-state index contributed by atoms with van der Waals surface area (Å²) in [6.45, 7) is 7.90. The number of nitrogens with zero attached hydrogens (tertiary/aromatic N) is 1. The summed E-state index contributed by atoms with van der Waals surface area (Å²) in [6, 6.07) is 0. The van der Waals surface area contributed by atoms with E-state index in [1.54, 1.807) is 0 Å². The van der Waals surface area contributed by atoms with E-state index in [1.807, 2.05) is 0 Å². The predicted octanol–water partition coefficient (Wildman–Crippen LogP) is 11.8. The third-order valence-corrected chi connectivity index (χ3v) is 9.25. The van der Waals surface area contributed by atoms with Gasteiger partial charge in [-0.25, -0.2) is 0 Å². The van der Waals surface area contributed by atoms with Crippen LogP contribution in [0.1, 0.15) is 219 Å². The highest BCUT2D eigenvalue weighted by atomic mass is 16.4. The topological polar surface area (TPSA) is 86.8 Å². The van der Waals surface area contributed by atoms with Gasteiger partial charge in [-0.1, -0.05) is 206 Å². The molecule has 0 spiro atoms. The van der Waals surface area contributed by atoms with Crippen molar-refractivity contribution in [3.8, 4) is 0 Å². The van der Waals surface area contributed by atoms with Crippen molar-refractivity contribution in [2.75, 3.05) is 32.8 Å². The molecule has 0 atom stereocenters. The van der Waals surface area contributed by atoms with Crippen molar-refractivity contribution in [3.05, 3.63) is 0 Å². The van der Waals surface area contributed by atoms with Crippen molar-refractivity contribution in [2.24, 2.45) is 5.73 Å². The first-order valence-corrected chi connectivity index (χ1v) is 20.4. The molecular formula is C40H84N2O3. The van der Waals surface area contributed by atoms with Gasteiger partial charge in [-0.15, -0.1) is 0 Å². The average molecular weight is 641 g/mol. The lowest BCUT2D eigenvalue weighted by molar-refractivity contribution is -0.135. The van der Waals surface area contributed by atoms with Crippen LogP contribution in [-0.4, -0.2) is 53.9 Å². The van der Waals surface area contributed by atoms with Crippen LogP contribution in [0.5, 0.6) is 0 Å². The highest BCUT2D eigenvalue weighted by Crippen LogP contribution is 2.15. The molecule has 0 unspecified atom stereocenters. The zero-order valence-electron chi connectivity index (χ0n) is 31.0. The molecule has 0 bridgehead atoms. The van der Waals surface area contributed by atoms with Crippen molar-refractivity contribution in [1.29, 1.82) is 0 Å². The summed E-state index contributed by atoms with van der Waals surface area (Å²) in [5.41, 5.74) is 4.57. The Morgan fingerprint density at radius 2 is 0.622 bits per heavy atom. The second-order valence-corrected chi connectivity index (χ2v) is 13.8. The fourth-order valence-electron chi connectivity index (χ4n) is 6.24. The minimum Gasteiger partial charge on any atom is -0.480 e. The van der Waals surface area contributed by atoms with Crippen LogP contribution in [0.15, 0.2) is 0 Å². The van der Waals surface area contributed by atoms with Crippen LogP contribution in [0.3, 0.4) is 0 Å². The summed E-state index contributed by atoms with van der Waals surface area (Å²) in [5, 5.41) is 17.1. The molecule has 0 radical (unpaired) electrons. The van der Waals surface area contributed by atoms with Gasteiger partial charge >= 0.3 is 5.97 Å². The van der Waals surface area contributed by atoms with Crippen LogP contribution in [0.25, 0.3) is 0 Å². The van der Waals surface area contributed by atoms with Crippen LogP contribution < -0.4 is 5.73 Å². The lowest BCUT2D eigenvalue weighted by Crippen LogP contribution is -2.29. The number of unbranched alkanes of at least 4 members (excludes halogenated alkanes) is 30. The molecule has 45 heavy (non-hydrogen) atoms. The van der Waals surface area contributed by atoms with E-state index in [0.29, 0.717) is 6.61 Å². The molecule has 5 heteroatoms. The van der Waals surface area contributed by atoms with E-state index in [-0.39, 0.29) is 6.54 Å². The fourth-order valence-corrected chi connectivity index (χ4v) is 6.24. The smallest absolute Gasteiger partial charge is 0.317 e. The standard InChI is InChI=1S/C38H79NO.C2H5NO2/c1-3-5-7-9-11-13-15-17-19-21-23-25-27-29-31-33-35-39(37-38-40)36-34-32-30-28-26-24-22-20-18-16-14-12-10-8-6-4-2;3-1-2(4)5/h40H,3-38H2,1-2H3;1,3H2,(H,4,5). The van der Waals surface area contributed by atoms with E-state index >= 15 is 0 Å². The maximum Gasteiger partial charge on any atom is 0.317 e. The molecule has 0 rings (SSSR count). The zero-order valence-corrected chi connectivity index (χ0v) is 31.0. The minimum absolute atomic E-state index is 0.278. The van der Waals surface area contributed by atoms with Gasteiger partial charge < -0.3 is 20.8 Å². The van der Waals surface area contributed by atoms with E-state index in [2.05, 4.69) is 24.5 Å². The largest absolute Gasteiger partial charge is 0.480 e. The molecule has 0 aliphatic heterocycles. The predicted molar refractivity (Wildman–Crippen MR) is 199 cm³/mol.